The van der Waals surface area contributed by atoms with Crippen LogP contribution in [0.25, 0.3) is 0 Å². The van der Waals surface area contributed by atoms with Crippen molar-refractivity contribution in [3.63, 3.8) is 0 Å². The first-order chi connectivity index (χ1) is 12.3. The lowest BCUT2D eigenvalue weighted by Gasteiger charge is -2.39. The van der Waals surface area contributed by atoms with Crippen LogP contribution in [0.5, 0.6) is 5.88 Å². The number of halogens is 1. The van der Waals surface area contributed by atoms with Gasteiger partial charge in [0, 0.05) is 30.6 Å². The van der Waals surface area contributed by atoms with Crippen molar-refractivity contribution in [3.8, 4) is 5.88 Å². The molecule has 7 nitrogen and oxygen atoms in total. The highest BCUT2D eigenvalue weighted by molar-refractivity contribution is 6.29. The van der Waals surface area contributed by atoms with E-state index in [9.17, 15) is 4.79 Å². The molecule has 3 rings (SSSR count). The number of urea groups is 1. The predicted molar refractivity (Wildman–Crippen MR) is 101 cm³/mol. The lowest BCUT2D eigenvalue weighted by molar-refractivity contribution is 0.162. The summed E-state index contributed by atoms with van der Waals surface area (Å²) in [5.41, 5.74) is 3.55. The average Bonchev–Trinajstić information content (AvgIpc) is 2.83. The summed E-state index contributed by atoms with van der Waals surface area (Å²) < 4.78 is 7.23. The summed E-state index contributed by atoms with van der Waals surface area (Å²) in [5.74, 6) is 0.716. The molecular formula is C18H24ClN5O2. The summed E-state index contributed by atoms with van der Waals surface area (Å²) >= 11 is 5.91. The maximum Gasteiger partial charge on any atom is 0.321 e. The number of anilines is 1. The van der Waals surface area contributed by atoms with Crippen molar-refractivity contribution in [2.45, 2.75) is 39.7 Å². The number of likely N-dealkylation sites (tertiary alicyclic amines) is 1. The third-order valence-corrected chi connectivity index (χ3v) is 4.91. The zero-order valence-electron chi connectivity index (χ0n) is 15.7. The number of amides is 2. The number of hydrogen-bond donors (Lipinski definition) is 1. The van der Waals surface area contributed by atoms with E-state index in [1.165, 1.54) is 0 Å². The minimum Gasteiger partial charge on any atom is -0.481 e. The van der Waals surface area contributed by atoms with Gasteiger partial charge >= 0.3 is 6.03 Å². The molecule has 2 aromatic rings. The van der Waals surface area contributed by atoms with Crippen molar-refractivity contribution in [2.24, 2.45) is 0 Å². The van der Waals surface area contributed by atoms with Crippen LogP contribution in [0.3, 0.4) is 0 Å². The van der Waals surface area contributed by atoms with Crippen LogP contribution in [0.2, 0.25) is 5.15 Å². The van der Waals surface area contributed by atoms with Gasteiger partial charge in [-0.25, -0.2) is 9.78 Å². The molecule has 0 bridgehead atoms. The van der Waals surface area contributed by atoms with Crippen LogP contribution in [0.15, 0.2) is 12.1 Å². The second kappa shape index (κ2) is 7.15. The zero-order valence-corrected chi connectivity index (χ0v) is 16.5. The van der Waals surface area contributed by atoms with Crippen LogP contribution in [0, 0.1) is 13.8 Å². The van der Waals surface area contributed by atoms with E-state index < -0.39 is 0 Å². The summed E-state index contributed by atoms with van der Waals surface area (Å²) in [5, 5.41) is 7.90. The van der Waals surface area contributed by atoms with Crippen LogP contribution < -0.4 is 10.1 Å². The minimum absolute atomic E-state index is 0.114. The van der Waals surface area contributed by atoms with Gasteiger partial charge in [-0.15, -0.1) is 0 Å². The van der Waals surface area contributed by atoms with Crippen LogP contribution in [-0.2, 0) is 0 Å². The van der Waals surface area contributed by atoms with Gasteiger partial charge in [0.15, 0.2) is 0 Å². The lowest BCUT2D eigenvalue weighted by Crippen LogP contribution is -2.50. The fourth-order valence-corrected chi connectivity index (χ4v) is 3.42. The molecule has 2 aromatic heterocycles. The van der Waals surface area contributed by atoms with Gasteiger partial charge in [0.25, 0.3) is 0 Å². The second-order valence-electron chi connectivity index (χ2n) is 6.85. The molecule has 1 aliphatic rings. The molecule has 1 aliphatic heterocycles. The molecule has 0 radical (unpaired) electrons. The quantitative estimate of drug-likeness (QED) is 0.823. The Hall–Kier alpha value is -2.28. The molecule has 8 heteroatoms. The van der Waals surface area contributed by atoms with Gasteiger partial charge in [0.2, 0.25) is 5.88 Å². The van der Waals surface area contributed by atoms with Crippen molar-refractivity contribution in [3.05, 3.63) is 34.2 Å². The first-order valence-corrected chi connectivity index (χ1v) is 9.01. The van der Waals surface area contributed by atoms with Crippen molar-refractivity contribution < 1.29 is 9.53 Å². The largest absolute Gasteiger partial charge is 0.481 e. The Labute approximate surface area is 158 Å². The fourth-order valence-electron chi connectivity index (χ4n) is 3.28. The Morgan fingerprint density at radius 1 is 1.35 bits per heavy atom. The van der Waals surface area contributed by atoms with Crippen molar-refractivity contribution in [2.75, 3.05) is 25.5 Å². The second-order valence-corrected chi connectivity index (χ2v) is 7.24. The first kappa shape index (κ1) is 18.5. The number of hydrogen-bond acceptors (Lipinski definition) is 4. The molecule has 3 heterocycles. The Kier molecular flexibility index (Phi) is 5.09. The molecule has 0 aliphatic carbocycles. The molecule has 1 fully saturated rings. The van der Waals surface area contributed by atoms with E-state index in [1.54, 1.807) is 18.1 Å². The number of aryl methyl sites for hydroxylation is 1. The number of aromatic nitrogens is 3. The number of rotatable bonds is 4. The third-order valence-electron chi connectivity index (χ3n) is 4.70. The summed E-state index contributed by atoms with van der Waals surface area (Å²) in [6.45, 7) is 9.24. The zero-order chi connectivity index (χ0) is 19.0. The summed E-state index contributed by atoms with van der Waals surface area (Å²) in [6, 6.07) is 3.79. The molecule has 0 spiro atoms. The minimum atomic E-state index is -0.114. The SMILES string of the molecule is COc1nc(Cl)ccc1C1CN(C(=O)Nc2c(C)nn(C(C)C)c2C)C1. The average molecular weight is 378 g/mol. The molecule has 0 atom stereocenters. The Balaban J connectivity index is 1.66. The Morgan fingerprint density at radius 3 is 2.62 bits per heavy atom. The van der Waals surface area contributed by atoms with Gasteiger partial charge in [-0.1, -0.05) is 17.7 Å². The van der Waals surface area contributed by atoms with E-state index in [2.05, 4.69) is 29.2 Å². The smallest absolute Gasteiger partial charge is 0.321 e. The number of ether oxygens (including phenoxy) is 1. The van der Waals surface area contributed by atoms with Crippen LogP contribution >= 0.6 is 11.6 Å². The van der Waals surface area contributed by atoms with Gasteiger partial charge < -0.3 is 15.0 Å². The number of nitrogens with one attached hydrogen (secondary N) is 1. The molecule has 0 unspecified atom stereocenters. The summed E-state index contributed by atoms with van der Waals surface area (Å²) in [4.78, 5) is 18.5. The van der Waals surface area contributed by atoms with Crippen LogP contribution in [0.4, 0.5) is 10.5 Å². The molecule has 140 valence electrons. The maximum absolute atomic E-state index is 12.6. The number of methoxy groups -OCH3 is 1. The molecular weight excluding hydrogens is 354 g/mol. The van der Waals surface area contributed by atoms with Crippen molar-refractivity contribution in [1.29, 1.82) is 0 Å². The lowest BCUT2D eigenvalue weighted by atomic mass is 9.92. The highest BCUT2D eigenvalue weighted by Gasteiger charge is 2.34. The van der Waals surface area contributed by atoms with Crippen molar-refractivity contribution in [1.82, 2.24) is 19.7 Å². The van der Waals surface area contributed by atoms with Gasteiger partial charge in [-0.2, -0.15) is 5.10 Å². The predicted octanol–water partition coefficient (Wildman–Crippen LogP) is 3.77. The summed E-state index contributed by atoms with van der Waals surface area (Å²) in [6.07, 6.45) is 0. The molecule has 26 heavy (non-hydrogen) atoms. The van der Waals surface area contributed by atoms with Gasteiger partial charge in [-0.3, -0.25) is 4.68 Å². The number of pyridine rings is 1. The van der Waals surface area contributed by atoms with E-state index in [0.717, 1.165) is 22.6 Å². The number of carbonyl (C=O) groups is 1. The Morgan fingerprint density at radius 2 is 2.04 bits per heavy atom. The third kappa shape index (κ3) is 3.35. The highest BCUT2D eigenvalue weighted by atomic mass is 35.5. The molecule has 0 aromatic carbocycles. The van der Waals surface area contributed by atoms with Crippen LogP contribution in [-0.4, -0.2) is 45.9 Å². The molecule has 0 saturated carbocycles. The molecule has 1 saturated heterocycles. The monoisotopic (exact) mass is 377 g/mol. The van der Waals surface area contributed by atoms with E-state index in [-0.39, 0.29) is 18.0 Å². The maximum atomic E-state index is 12.6. The van der Waals surface area contributed by atoms with Crippen molar-refractivity contribution >= 4 is 23.3 Å². The molecule has 1 N–H and O–H groups in total. The Bertz CT molecular complexity index is 827. The number of nitrogens with zero attached hydrogens (tertiary/aromatic N) is 4. The first-order valence-electron chi connectivity index (χ1n) is 8.63. The fraction of sp³-hybridized carbons (Fsp3) is 0.500. The van der Waals surface area contributed by atoms with E-state index in [1.807, 2.05) is 24.6 Å². The van der Waals surface area contributed by atoms with Gasteiger partial charge in [0.1, 0.15) is 5.15 Å². The summed E-state index contributed by atoms with van der Waals surface area (Å²) in [7, 11) is 1.57. The highest BCUT2D eigenvalue weighted by Crippen LogP contribution is 2.34. The van der Waals surface area contributed by atoms with E-state index in [0.29, 0.717) is 24.1 Å². The topological polar surface area (TPSA) is 72.3 Å². The van der Waals surface area contributed by atoms with E-state index in [4.69, 9.17) is 16.3 Å². The van der Waals surface area contributed by atoms with Gasteiger partial charge in [-0.05, 0) is 33.8 Å². The van der Waals surface area contributed by atoms with E-state index >= 15 is 0 Å². The van der Waals surface area contributed by atoms with Gasteiger partial charge in [0.05, 0.1) is 24.2 Å². The van der Waals surface area contributed by atoms with Crippen LogP contribution in [0.1, 0.15) is 42.8 Å². The normalized spacial score (nSPS) is 14.5. The number of carbonyl (C=O) groups excluding carboxylic acids is 1. The molecule has 2 amide bonds. The standard InChI is InChI=1S/C18H24ClN5O2/c1-10(2)24-12(4)16(11(3)22-24)21-18(25)23-8-13(9-23)14-6-7-15(19)20-17(14)26-5/h6-7,10,13H,8-9H2,1-5H3,(H,21,25).